The van der Waals surface area contributed by atoms with Gasteiger partial charge in [0.05, 0.1) is 6.20 Å². The number of nitrogens with zero attached hydrogens (tertiary/aromatic N) is 2. The molecule has 0 aromatic carbocycles. The molecule has 7 heteroatoms. The number of piperidine rings is 1. The summed E-state index contributed by atoms with van der Waals surface area (Å²) in [6, 6.07) is 0.958. The van der Waals surface area contributed by atoms with Crippen LogP contribution >= 0.6 is 0 Å². The van der Waals surface area contributed by atoms with Gasteiger partial charge in [0.1, 0.15) is 16.5 Å². The van der Waals surface area contributed by atoms with Crippen LogP contribution in [0.15, 0.2) is 23.4 Å². The number of carbonyl (C=O) groups is 1. The first-order valence-electron chi connectivity index (χ1n) is 6.02. The maximum Gasteiger partial charge on any atom is 0.244 e. The van der Waals surface area contributed by atoms with Gasteiger partial charge in [0.2, 0.25) is 10.0 Å². The number of sulfonamides is 1. The summed E-state index contributed by atoms with van der Waals surface area (Å²) in [6.45, 7) is 2.08. The molecule has 0 bridgehead atoms. The molecule has 1 fully saturated rings. The third kappa shape index (κ3) is 2.98. The average molecular weight is 286 g/mol. The number of Topliss-reactive ketones (excluding diaryl/α,β-unsaturated/α-hetero) is 1. The van der Waals surface area contributed by atoms with E-state index in [1.54, 1.807) is 0 Å². The molecule has 1 aromatic rings. The predicted octanol–water partition coefficient (Wildman–Crippen LogP) is 1.21. The van der Waals surface area contributed by atoms with Crippen molar-refractivity contribution in [1.82, 2.24) is 9.29 Å². The van der Waals surface area contributed by atoms with Crippen molar-refractivity contribution in [3.05, 3.63) is 24.3 Å². The van der Waals surface area contributed by atoms with Gasteiger partial charge in [0, 0.05) is 25.2 Å². The minimum atomic E-state index is -3.71. The van der Waals surface area contributed by atoms with Crippen LogP contribution < -0.4 is 0 Å². The van der Waals surface area contributed by atoms with Crippen LogP contribution in [-0.2, 0) is 14.8 Å². The highest BCUT2D eigenvalue weighted by molar-refractivity contribution is 7.89. The molecule has 1 aromatic heterocycles. The van der Waals surface area contributed by atoms with E-state index in [4.69, 9.17) is 0 Å². The van der Waals surface area contributed by atoms with Gasteiger partial charge in [-0.15, -0.1) is 0 Å². The number of halogens is 1. The van der Waals surface area contributed by atoms with Crippen molar-refractivity contribution >= 4 is 15.8 Å². The maximum absolute atomic E-state index is 13.0. The van der Waals surface area contributed by atoms with Crippen LogP contribution in [0, 0.1) is 11.7 Å². The molecule has 19 heavy (non-hydrogen) atoms. The Balaban J connectivity index is 2.16. The Labute approximate surface area is 111 Å². The van der Waals surface area contributed by atoms with E-state index >= 15 is 0 Å². The Bertz CT molecular complexity index is 580. The van der Waals surface area contributed by atoms with E-state index in [9.17, 15) is 17.6 Å². The lowest BCUT2D eigenvalue weighted by atomic mass is 9.95. The van der Waals surface area contributed by atoms with E-state index in [1.807, 2.05) is 0 Å². The first-order valence-corrected chi connectivity index (χ1v) is 7.46. The van der Waals surface area contributed by atoms with Crippen molar-refractivity contribution in [3.8, 4) is 0 Å². The van der Waals surface area contributed by atoms with Gasteiger partial charge in [-0.3, -0.25) is 9.78 Å². The number of rotatable bonds is 3. The summed E-state index contributed by atoms with van der Waals surface area (Å²) in [5.74, 6) is -0.666. The zero-order valence-corrected chi connectivity index (χ0v) is 11.4. The Morgan fingerprint density at radius 3 is 2.53 bits per heavy atom. The van der Waals surface area contributed by atoms with Gasteiger partial charge in [0.15, 0.2) is 0 Å². The molecule has 0 saturated carbocycles. The molecule has 104 valence electrons. The molecule has 0 amide bonds. The van der Waals surface area contributed by atoms with E-state index in [0.717, 1.165) is 18.5 Å². The second-order valence-corrected chi connectivity index (χ2v) is 6.57. The van der Waals surface area contributed by atoms with E-state index in [1.165, 1.54) is 11.2 Å². The number of pyridine rings is 1. The molecule has 0 spiro atoms. The summed E-state index contributed by atoms with van der Waals surface area (Å²) in [4.78, 5) is 14.7. The third-order valence-corrected chi connectivity index (χ3v) is 5.21. The first kappa shape index (κ1) is 14.1. The van der Waals surface area contributed by atoms with Gasteiger partial charge in [-0.05, 0) is 25.8 Å². The van der Waals surface area contributed by atoms with E-state index in [-0.39, 0.29) is 29.7 Å². The lowest BCUT2D eigenvalue weighted by molar-refractivity contribution is -0.121. The minimum absolute atomic E-state index is 0.0721. The van der Waals surface area contributed by atoms with Gasteiger partial charge >= 0.3 is 0 Å². The van der Waals surface area contributed by atoms with Crippen LogP contribution in [0.3, 0.4) is 0 Å². The van der Waals surface area contributed by atoms with Crippen LogP contribution in [0.4, 0.5) is 4.39 Å². The van der Waals surface area contributed by atoms with Crippen molar-refractivity contribution in [2.75, 3.05) is 13.1 Å². The number of hydrogen-bond donors (Lipinski definition) is 0. The van der Waals surface area contributed by atoms with Gasteiger partial charge in [-0.2, -0.15) is 4.31 Å². The van der Waals surface area contributed by atoms with Crippen molar-refractivity contribution in [2.24, 2.45) is 5.92 Å². The number of aromatic nitrogens is 1. The van der Waals surface area contributed by atoms with E-state index < -0.39 is 15.8 Å². The standard InChI is InChI=1S/C12H15FN2O3S/c1-9(16)10-2-4-15(5-3-10)19(17,18)12-6-11(13)7-14-8-12/h6-8,10H,2-5H2,1H3. The molecule has 0 N–H and O–H groups in total. The molecular formula is C12H15FN2O3S. The zero-order chi connectivity index (χ0) is 14.0. The lowest BCUT2D eigenvalue weighted by Crippen LogP contribution is -2.39. The van der Waals surface area contributed by atoms with Gasteiger partial charge < -0.3 is 0 Å². The Kier molecular flexibility index (Phi) is 3.96. The van der Waals surface area contributed by atoms with Crippen LogP contribution in [0.5, 0.6) is 0 Å². The molecule has 0 atom stereocenters. The molecule has 2 rings (SSSR count). The highest BCUT2D eigenvalue weighted by atomic mass is 32.2. The summed E-state index contributed by atoms with van der Waals surface area (Å²) in [6.07, 6.45) is 3.12. The van der Waals surface area contributed by atoms with Crippen LogP contribution in [0.1, 0.15) is 19.8 Å². The molecule has 0 unspecified atom stereocenters. The van der Waals surface area contributed by atoms with Gasteiger partial charge in [-0.1, -0.05) is 0 Å². The summed E-state index contributed by atoms with van der Waals surface area (Å²) in [5, 5.41) is 0. The first-order chi connectivity index (χ1) is 8.91. The fraction of sp³-hybridized carbons (Fsp3) is 0.500. The monoisotopic (exact) mass is 286 g/mol. The molecule has 2 heterocycles. The largest absolute Gasteiger partial charge is 0.300 e. The second kappa shape index (κ2) is 5.34. The topological polar surface area (TPSA) is 67.3 Å². The van der Waals surface area contributed by atoms with Crippen molar-refractivity contribution in [1.29, 1.82) is 0 Å². The average Bonchev–Trinajstić information content (AvgIpc) is 2.39. The quantitative estimate of drug-likeness (QED) is 0.837. The Morgan fingerprint density at radius 1 is 1.37 bits per heavy atom. The molecule has 0 radical (unpaired) electrons. The van der Waals surface area contributed by atoms with Crippen molar-refractivity contribution in [2.45, 2.75) is 24.7 Å². The predicted molar refractivity (Wildman–Crippen MR) is 66.4 cm³/mol. The maximum atomic E-state index is 13.0. The van der Waals surface area contributed by atoms with Gasteiger partial charge in [-0.25, -0.2) is 12.8 Å². The second-order valence-electron chi connectivity index (χ2n) is 4.63. The number of carbonyl (C=O) groups excluding carboxylic acids is 1. The SMILES string of the molecule is CC(=O)C1CCN(S(=O)(=O)c2cncc(F)c2)CC1. The van der Waals surface area contributed by atoms with Crippen molar-refractivity contribution in [3.63, 3.8) is 0 Å². The van der Waals surface area contributed by atoms with Gasteiger partial charge in [0.25, 0.3) is 0 Å². The summed E-state index contributed by atoms with van der Waals surface area (Å²) < 4.78 is 38.8. The van der Waals surface area contributed by atoms with Crippen LogP contribution in [0.2, 0.25) is 0 Å². The minimum Gasteiger partial charge on any atom is -0.300 e. The lowest BCUT2D eigenvalue weighted by Gasteiger charge is -2.29. The molecular weight excluding hydrogens is 271 g/mol. The molecule has 1 saturated heterocycles. The highest BCUT2D eigenvalue weighted by Gasteiger charge is 2.31. The van der Waals surface area contributed by atoms with Crippen LogP contribution in [0.25, 0.3) is 0 Å². The highest BCUT2D eigenvalue weighted by Crippen LogP contribution is 2.24. The fourth-order valence-electron chi connectivity index (χ4n) is 2.19. The summed E-state index contributed by atoms with van der Waals surface area (Å²) in [7, 11) is -3.71. The van der Waals surface area contributed by atoms with E-state index in [0.29, 0.717) is 12.8 Å². The number of hydrogen-bond acceptors (Lipinski definition) is 4. The summed E-state index contributed by atoms with van der Waals surface area (Å²) in [5.41, 5.74) is 0. The normalized spacial score (nSPS) is 18.4. The van der Waals surface area contributed by atoms with E-state index in [2.05, 4.69) is 4.98 Å². The molecule has 5 nitrogen and oxygen atoms in total. The molecule has 0 aliphatic carbocycles. The molecule has 1 aliphatic rings. The van der Waals surface area contributed by atoms with Crippen molar-refractivity contribution < 1.29 is 17.6 Å². The zero-order valence-electron chi connectivity index (χ0n) is 10.5. The Morgan fingerprint density at radius 2 is 2.00 bits per heavy atom. The smallest absolute Gasteiger partial charge is 0.244 e. The Hall–Kier alpha value is -1.34. The summed E-state index contributed by atoms with van der Waals surface area (Å²) >= 11 is 0. The van der Waals surface area contributed by atoms with Crippen LogP contribution in [-0.4, -0.2) is 36.6 Å². The third-order valence-electron chi connectivity index (χ3n) is 3.35. The fourth-order valence-corrected chi connectivity index (χ4v) is 3.63. The molecule has 1 aliphatic heterocycles. The number of ketones is 1.